The summed E-state index contributed by atoms with van der Waals surface area (Å²) in [4.78, 5) is 25.2. The van der Waals surface area contributed by atoms with E-state index in [2.05, 4.69) is 5.32 Å². The van der Waals surface area contributed by atoms with Crippen LogP contribution in [0.15, 0.2) is 24.3 Å². The molecule has 0 atom stereocenters. The topological polar surface area (TPSA) is 84.7 Å². The number of aryl methyl sites for hydroxylation is 1. The number of urea groups is 1. The third kappa shape index (κ3) is 6.13. The van der Waals surface area contributed by atoms with E-state index in [-0.39, 0.29) is 13.1 Å². The molecule has 6 nitrogen and oxygen atoms in total. The molecule has 0 aliphatic rings. The Kier molecular flexibility index (Phi) is 6.37. The van der Waals surface area contributed by atoms with Crippen LogP contribution in [0, 0.1) is 6.92 Å². The molecule has 0 radical (unpaired) electrons. The number of nitrogens with two attached hydrogens (primary N) is 1. The summed E-state index contributed by atoms with van der Waals surface area (Å²) in [6.07, 6.45) is -0.695. The Morgan fingerprint density at radius 3 is 2.32 bits per heavy atom. The first kappa shape index (κ1) is 18.0. The van der Waals surface area contributed by atoms with Gasteiger partial charge in [-0.1, -0.05) is 29.8 Å². The Hall–Kier alpha value is -2.08. The summed E-state index contributed by atoms with van der Waals surface area (Å²) in [7, 11) is 0. The molecule has 0 fully saturated rings. The predicted molar refractivity (Wildman–Crippen MR) is 85.4 cm³/mol. The summed E-state index contributed by atoms with van der Waals surface area (Å²) < 4.78 is 5.21. The van der Waals surface area contributed by atoms with Crippen LogP contribution in [0.1, 0.15) is 31.9 Å². The molecule has 3 amide bonds. The zero-order valence-corrected chi connectivity index (χ0v) is 13.7. The van der Waals surface area contributed by atoms with E-state index < -0.39 is 17.7 Å². The first-order chi connectivity index (χ1) is 10.2. The number of hydrogen-bond donors (Lipinski definition) is 2. The van der Waals surface area contributed by atoms with Crippen LogP contribution in [0.4, 0.5) is 9.59 Å². The number of amides is 3. The van der Waals surface area contributed by atoms with E-state index >= 15 is 0 Å². The lowest BCUT2D eigenvalue weighted by molar-refractivity contribution is 0.0325. The van der Waals surface area contributed by atoms with Crippen molar-refractivity contribution in [2.24, 2.45) is 5.73 Å². The normalized spacial score (nSPS) is 11.0. The molecule has 0 aliphatic heterocycles. The molecular weight excluding hydrogens is 282 g/mol. The lowest BCUT2D eigenvalue weighted by atomic mass is 10.1. The minimum atomic E-state index is -0.695. The molecule has 0 aromatic heterocycles. The molecule has 0 heterocycles. The zero-order valence-electron chi connectivity index (χ0n) is 13.7. The second kappa shape index (κ2) is 7.79. The first-order valence-electron chi connectivity index (χ1n) is 7.27. The molecule has 0 saturated carbocycles. The van der Waals surface area contributed by atoms with Crippen molar-refractivity contribution in [3.8, 4) is 0 Å². The van der Waals surface area contributed by atoms with Gasteiger partial charge in [0.2, 0.25) is 0 Å². The van der Waals surface area contributed by atoms with E-state index in [1.54, 1.807) is 20.8 Å². The van der Waals surface area contributed by atoms with Crippen molar-refractivity contribution in [1.29, 1.82) is 0 Å². The fraction of sp³-hybridized carbons (Fsp3) is 0.500. The average molecular weight is 307 g/mol. The number of imide groups is 1. The van der Waals surface area contributed by atoms with Crippen molar-refractivity contribution in [3.63, 3.8) is 0 Å². The lowest BCUT2D eigenvalue weighted by Gasteiger charge is -2.26. The number of benzene rings is 1. The van der Waals surface area contributed by atoms with Gasteiger partial charge in [-0.15, -0.1) is 0 Å². The van der Waals surface area contributed by atoms with Crippen LogP contribution in [-0.2, 0) is 11.3 Å². The van der Waals surface area contributed by atoms with Crippen LogP contribution in [0.3, 0.4) is 0 Å². The monoisotopic (exact) mass is 307 g/mol. The molecule has 0 aliphatic carbocycles. The van der Waals surface area contributed by atoms with Crippen molar-refractivity contribution in [1.82, 2.24) is 10.2 Å². The van der Waals surface area contributed by atoms with Gasteiger partial charge in [0.15, 0.2) is 0 Å². The van der Waals surface area contributed by atoms with E-state index in [4.69, 9.17) is 10.5 Å². The molecule has 3 N–H and O–H groups in total. The van der Waals surface area contributed by atoms with Crippen LogP contribution >= 0.6 is 0 Å². The summed E-state index contributed by atoms with van der Waals surface area (Å²) in [6.45, 7) is 7.85. The van der Waals surface area contributed by atoms with Crippen molar-refractivity contribution >= 4 is 12.1 Å². The van der Waals surface area contributed by atoms with E-state index in [0.717, 1.165) is 16.0 Å². The number of carbonyl (C=O) groups excluding carboxylic acids is 2. The van der Waals surface area contributed by atoms with Gasteiger partial charge in [0, 0.05) is 19.6 Å². The Labute approximate surface area is 131 Å². The second-order valence-electron chi connectivity index (χ2n) is 6.06. The molecule has 0 bridgehead atoms. The average Bonchev–Trinajstić information content (AvgIpc) is 2.41. The quantitative estimate of drug-likeness (QED) is 0.894. The van der Waals surface area contributed by atoms with E-state index in [9.17, 15) is 9.59 Å². The fourth-order valence-corrected chi connectivity index (χ4v) is 1.70. The van der Waals surface area contributed by atoms with Gasteiger partial charge in [0.25, 0.3) is 0 Å². The van der Waals surface area contributed by atoms with Gasteiger partial charge in [0.1, 0.15) is 5.60 Å². The van der Waals surface area contributed by atoms with Crippen LogP contribution in [0.5, 0.6) is 0 Å². The molecule has 1 aromatic carbocycles. The minimum Gasteiger partial charge on any atom is -0.443 e. The van der Waals surface area contributed by atoms with Crippen LogP contribution in [0.2, 0.25) is 0 Å². The number of ether oxygens (including phenoxy) is 1. The Bertz CT molecular complexity index is 506. The third-order valence-corrected chi connectivity index (χ3v) is 2.78. The Balaban J connectivity index is 2.64. The minimum absolute atomic E-state index is 0.106. The maximum Gasteiger partial charge on any atom is 0.418 e. The maximum atomic E-state index is 12.2. The second-order valence-corrected chi connectivity index (χ2v) is 6.06. The summed E-state index contributed by atoms with van der Waals surface area (Å²) >= 11 is 0. The molecule has 122 valence electrons. The number of carbonyl (C=O) groups is 2. The van der Waals surface area contributed by atoms with E-state index in [1.807, 2.05) is 31.2 Å². The lowest BCUT2D eigenvalue weighted by Crippen LogP contribution is -2.47. The Morgan fingerprint density at radius 1 is 1.23 bits per heavy atom. The molecule has 22 heavy (non-hydrogen) atoms. The standard InChI is InChI=1S/C16H25N3O3/c1-12-5-7-13(8-6-12)11-18-14(20)19(10-9-17)15(21)22-16(2,3)4/h5-8H,9-11,17H2,1-4H3,(H,18,20). The summed E-state index contributed by atoms with van der Waals surface area (Å²) in [5.41, 5.74) is 6.90. The smallest absolute Gasteiger partial charge is 0.418 e. The van der Waals surface area contributed by atoms with Crippen LogP contribution < -0.4 is 11.1 Å². The number of nitrogens with zero attached hydrogens (tertiary/aromatic N) is 1. The number of hydrogen-bond acceptors (Lipinski definition) is 4. The SMILES string of the molecule is Cc1ccc(CNC(=O)N(CCN)C(=O)OC(C)(C)C)cc1. The summed E-state index contributed by atoms with van der Waals surface area (Å²) in [5.74, 6) is 0. The largest absolute Gasteiger partial charge is 0.443 e. The van der Waals surface area contributed by atoms with Gasteiger partial charge in [-0.3, -0.25) is 0 Å². The molecule has 6 heteroatoms. The zero-order chi connectivity index (χ0) is 16.8. The highest BCUT2D eigenvalue weighted by molar-refractivity contribution is 5.91. The van der Waals surface area contributed by atoms with Gasteiger partial charge in [-0.2, -0.15) is 0 Å². The van der Waals surface area contributed by atoms with Crippen molar-refractivity contribution < 1.29 is 14.3 Å². The molecule has 0 spiro atoms. The van der Waals surface area contributed by atoms with Crippen molar-refractivity contribution in [2.45, 2.75) is 39.8 Å². The Morgan fingerprint density at radius 2 is 1.82 bits per heavy atom. The fourth-order valence-electron chi connectivity index (χ4n) is 1.70. The van der Waals surface area contributed by atoms with Gasteiger partial charge in [-0.25, -0.2) is 14.5 Å². The first-order valence-corrected chi connectivity index (χ1v) is 7.27. The van der Waals surface area contributed by atoms with Gasteiger partial charge < -0.3 is 15.8 Å². The highest BCUT2D eigenvalue weighted by Gasteiger charge is 2.26. The summed E-state index contributed by atoms with van der Waals surface area (Å²) in [6, 6.07) is 7.27. The molecule has 1 rings (SSSR count). The van der Waals surface area contributed by atoms with Crippen LogP contribution in [0.25, 0.3) is 0 Å². The number of rotatable bonds is 4. The van der Waals surface area contributed by atoms with Crippen molar-refractivity contribution in [3.05, 3.63) is 35.4 Å². The van der Waals surface area contributed by atoms with Crippen molar-refractivity contribution in [2.75, 3.05) is 13.1 Å². The molecule has 1 aromatic rings. The highest BCUT2D eigenvalue weighted by atomic mass is 16.6. The van der Waals surface area contributed by atoms with Gasteiger partial charge >= 0.3 is 12.1 Å². The van der Waals surface area contributed by atoms with Gasteiger partial charge in [0.05, 0.1) is 0 Å². The maximum absolute atomic E-state index is 12.2. The van der Waals surface area contributed by atoms with Gasteiger partial charge in [-0.05, 0) is 33.3 Å². The summed E-state index contributed by atoms with van der Waals surface area (Å²) in [5, 5.41) is 2.70. The molecule has 0 saturated heterocycles. The number of nitrogens with one attached hydrogen (secondary N) is 1. The van der Waals surface area contributed by atoms with E-state index in [0.29, 0.717) is 6.54 Å². The molecule has 0 unspecified atom stereocenters. The predicted octanol–water partition coefficient (Wildman–Crippen LogP) is 2.40. The van der Waals surface area contributed by atoms with Crippen LogP contribution in [-0.4, -0.2) is 35.7 Å². The van der Waals surface area contributed by atoms with E-state index in [1.165, 1.54) is 0 Å². The molecular formula is C16H25N3O3. The third-order valence-electron chi connectivity index (χ3n) is 2.78. The highest BCUT2D eigenvalue weighted by Crippen LogP contribution is 2.10.